The fraction of sp³-hybridized carbons (Fsp3) is 1.00. The molecule has 0 saturated heterocycles. The van der Waals surface area contributed by atoms with E-state index >= 15 is 0 Å². The molecule has 0 amide bonds. The van der Waals surface area contributed by atoms with Gasteiger partial charge in [-0.1, -0.05) is 0 Å². The molecule has 6 heteroatoms. The van der Waals surface area contributed by atoms with E-state index < -0.39 is 31.2 Å². The van der Waals surface area contributed by atoms with Crippen molar-refractivity contribution in [3.8, 4) is 0 Å². The van der Waals surface area contributed by atoms with Gasteiger partial charge in [0.1, 0.15) is 12.2 Å². The Kier molecular flexibility index (Phi) is 6.13. The summed E-state index contributed by atoms with van der Waals surface area (Å²) < 4.78 is 4.74. The highest BCUT2D eigenvalue weighted by Crippen LogP contribution is 2.04. The van der Waals surface area contributed by atoms with E-state index in [2.05, 4.69) is 0 Å². The third-order valence-electron chi connectivity index (χ3n) is 1.60. The van der Waals surface area contributed by atoms with Gasteiger partial charge in [0, 0.05) is 6.54 Å². The molecule has 0 bridgehead atoms. The summed E-state index contributed by atoms with van der Waals surface area (Å²) in [7, 11) is 0. The summed E-state index contributed by atoms with van der Waals surface area (Å²) in [6.07, 6.45) is -4.55. The molecule has 0 fully saturated rings. The molecule has 0 aromatic heterocycles. The predicted octanol–water partition coefficient (Wildman–Crippen LogP) is -2.62. The smallest absolute Gasteiger partial charge is 0.182 e. The van der Waals surface area contributed by atoms with Crippen molar-refractivity contribution in [3.63, 3.8) is 0 Å². The van der Waals surface area contributed by atoms with Gasteiger partial charge in [-0.15, -0.1) is 0 Å². The molecule has 0 spiro atoms. The number of aliphatic hydroxyl groups excluding tert-OH is 4. The largest absolute Gasteiger partial charge is 0.394 e. The van der Waals surface area contributed by atoms with Gasteiger partial charge in [0.15, 0.2) is 6.29 Å². The van der Waals surface area contributed by atoms with Gasteiger partial charge < -0.3 is 30.9 Å². The van der Waals surface area contributed by atoms with E-state index in [-0.39, 0.29) is 6.54 Å². The Balaban J connectivity index is 3.93. The number of rotatable bonds is 6. The van der Waals surface area contributed by atoms with Crippen LogP contribution >= 0.6 is 0 Å². The minimum absolute atomic E-state index is 0.154. The monoisotopic (exact) mass is 195 g/mol. The van der Waals surface area contributed by atoms with E-state index in [9.17, 15) is 0 Å². The first-order valence-corrected chi connectivity index (χ1v) is 4.03. The molecular weight excluding hydrogens is 178 g/mol. The number of hydrogen-bond acceptors (Lipinski definition) is 6. The number of nitrogens with two attached hydrogens (primary N) is 1. The summed E-state index contributed by atoms with van der Waals surface area (Å²) in [6, 6.07) is 0. The lowest BCUT2D eigenvalue weighted by Gasteiger charge is -2.24. The minimum atomic E-state index is -1.49. The van der Waals surface area contributed by atoms with Crippen molar-refractivity contribution < 1.29 is 25.2 Å². The molecule has 0 rings (SSSR count). The van der Waals surface area contributed by atoms with Crippen LogP contribution in [-0.2, 0) is 4.74 Å². The van der Waals surface area contributed by atoms with Crippen molar-refractivity contribution in [1.29, 1.82) is 0 Å². The molecular formula is C7H17NO5. The van der Waals surface area contributed by atoms with E-state index in [0.29, 0.717) is 0 Å². The molecule has 0 aromatic carbocycles. The fourth-order valence-corrected chi connectivity index (χ4v) is 0.695. The maximum atomic E-state index is 9.09. The van der Waals surface area contributed by atoms with Gasteiger partial charge in [0.2, 0.25) is 0 Å². The molecule has 0 heterocycles. The van der Waals surface area contributed by atoms with Gasteiger partial charge in [-0.3, -0.25) is 0 Å². The van der Waals surface area contributed by atoms with Crippen LogP contribution in [0.25, 0.3) is 0 Å². The molecule has 4 atom stereocenters. The molecule has 0 saturated carbocycles. The van der Waals surface area contributed by atoms with Crippen LogP contribution in [0.5, 0.6) is 0 Å². The molecule has 0 aliphatic rings. The van der Waals surface area contributed by atoms with Crippen molar-refractivity contribution >= 4 is 0 Å². The Morgan fingerprint density at radius 1 is 1.31 bits per heavy atom. The van der Waals surface area contributed by atoms with Crippen LogP contribution in [0, 0.1) is 0 Å². The van der Waals surface area contributed by atoms with Crippen molar-refractivity contribution in [1.82, 2.24) is 0 Å². The molecule has 13 heavy (non-hydrogen) atoms. The van der Waals surface area contributed by atoms with E-state index in [1.165, 1.54) is 6.92 Å². The summed E-state index contributed by atoms with van der Waals surface area (Å²) in [5, 5.41) is 35.8. The van der Waals surface area contributed by atoms with E-state index in [0.717, 1.165) is 0 Å². The van der Waals surface area contributed by atoms with Crippen molar-refractivity contribution in [3.05, 3.63) is 0 Å². The summed E-state index contributed by atoms with van der Waals surface area (Å²) in [4.78, 5) is 0. The van der Waals surface area contributed by atoms with Gasteiger partial charge in [-0.05, 0) is 6.92 Å². The first-order valence-electron chi connectivity index (χ1n) is 4.03. The molecule has 80 valence electrons. The Bertz CT molecular complexity index is 132. The molecule has 0 radical (unpaired) electrons. The normalized spacial score (nSPS) is 20.8. The van der Waals surface area contributed by atoms with Crippen LogP contribution in [0.15, 0.2) is 0 Å². The van der Waals surface area contributed by atoms with Crippen molar-refractivity contribution in [2.45, 2.75) is 31.5 Å². The van der Waals surface area contributed by atoms with Crippen LogP contribution in [0.4, 0.5) is 0 Å². The van der Waals surface area contributed by atoms with E-state index in [4.69, 9.17) is 30.9 Å². The number of hydrogen-bond donors (Lipinski definition) is 5. The average molecular weight is 195 g/mol. The highest BCUT2D eigenvalue weighted by atomic mass is 16.6. The number of aliphatic hydroxyl groups is 4. The predicted molar refractivity (Wildman–Crippen MR) is 44.7 cm³/mol. The third-order valence-corrected chi connectivity index (χ3v) is 1.60. The molecule has 0 aliphatic carbocycles. The minimum Gasteiger partial charge on any atom is -0.394 e. The molecule has 6 nitrogen and oxygen atoms in total. The second kappa shape index (κ2) is 6.25. The zero-order chi connectivity index (χ0) is 10.4. The summed E-state index contributed by atoms with van der Waals surface area (Å²) in [5.41, 5.74) is 5.05. The van der Waals surface area contributed by atoms with E-state index in [1.807, 2.05) is 0 Å². The summed E-state index contributed by atoms with van der Waals surface area (Å²) in [5.74, 6) is 0. The third kappa shape index (κ3) is 4.51. The molecule has 6 N–H and O–H groups in total. The lowest BCUT2D eigenvalue weighted by molar-refractivity contribution is -0.209. The first-order chi connectivity index (χ1) is 6.02. The van der Waals surface area contributed by atoms with Crippen LogP contribution in [-0.4, -0.2) is 58.2 Å². The second-order valence-electron chi connectivity index (χ2n) is 2.79. The lowest BCUT2D eigenvalue weighted by Crippen LogP contribution is -2.42. The summed E-state index contributed by atoms with van der Waals surface area (Å²) >= 11 is 0. The van der Waals surface area contributed by atoms with E-state index in [1.54, 1.807) is 0 Å². The highest BCUT2D eigenvalue weighted by Gasteiger charge is 2.22. The summed E-state index contributed by atoms with van der Waals surface area (Å²) in [6.45, 7) is 0.813. The van der Waals surface area contributed by atoms with Crippen LogP contribution in [0.2, 0.25) is 0 Å². The Labute approximate surface area is 76.6 Å². The zero-order valence-electron chi connectivity index (χ0n) is 7.50. The quantitative estimate of drug-likeness (QED) is 0.296. The fourth-order valence-electron chi connectivity index (χ4n) is 0.695. The Morgan fingerprint density at radius 3 is 2.15 bits per heavy atom. The Morgan fingerprint density at radius 2 is 1.85 bits per heavy atom. The molecule has 2 unspecified atom stereocenters. The van der Waals surface area contributed by atoms with Gasteiger partial charge in [0.25, 0.3) is 0 Å². The average Bonchev–Trinajstić information content (AvgIpc) is 2.11. The standard InChI is InChI=1S/C7H17NO5/c1-4(10)6(3-9)13-7(12)5(11)2-8/h4-7,9-12H,2-3,8H2,1H3/t4-,5+,6?,7?/m1/s1. The lowest BCUT2D eigenvalue weighted by atomic mass is 10.2. The van der Waals surface area contributed by atoms with Gasteiger partial charge in [-0.2, -0.15) is 0 Å². The van der Waals surface area contributed by atoms with Crippen molar-refractivity contribution in [2.75, 3.05) is 13.2 Å². The zero-order valence-corrected chi connectivity index (χ0v) is 7.50. The topological polar surface area (TPSA) is 116 Å². The van der Waals surface area contributed by atoms with Crippen LogP contribution in [0.3, 0.4) is 0 Å². The molecule has 0 aromatic rings. The van der Waals surface area contributed by atoms with Crippen LogP contribution < -0.4 is 5.73 Å². The Hall–Kier alpha value is -0.240. The molecule has 0 aliphatic heterocycles. The first kappa shape index (κ1) is 12.8. The van der Waals surface area contributed by atoms with Gasteiger partial charge in [-0.25, -0.2) is 0 Å². The maximum Gasteiger partial charge on any atom is 0.182 e. The van der Waals surface area contributed by atoms with Gasteiger partial charge >= 0.3 is 0 Å². The SMILES string of the molecule is C[C@@H](O)C(CO)OC(O)[C@@H](O)CN. The number of ether oxygens (including phenoxy) is 1. The maximum absolute atomic E-state index is 9.09. The highest BCUT2D eigenvalue weighted by molar-refractivity contribution is 4.66. The van der Waals surface area contributed by atoms with Crippen LogP contribution in [0.1, 0.15) is 6.92 Å². The van der Waals surface area contributed by atoms with Gasteiger partial charge in [0.05, 0.1) is 12.7 Å². The van der Waals surface area contributed by atoms with Crippen molar-refractivity contribution in [2.24, 2.45) is 5.73 Å². The second-order valence-corrected chi connectivity index (χ2v) is 2.79.